The number of alkyl halides is 3. The number of benzene rings is 3. The smallest absolute Gasteiger partial charge is 0.390 e. The fourth-order valence-corrected chi connectivity index (χ4v) is 5.58. The molecule has 0 unspecified atom stereocenters. The lowest BCUT2D eigenvalue weighted by atomic mass is 10.00. The van der Waals surface area contributed by atoms with Crippen molar-refractivity contribution in [3.8, 4) is 0 Å². The van der Waals surface area contributed by atoms with Gasteiger partial charge in [-0.15, -0.1) is 0 Å². The minimum absolute atomic E-state index is 0.00327. The van der Waals surface area contributed by atoms with E-state index in [9.17, 15) is 36.3 Å². The van der Waals surface area contributed by atoms with Crippen LogP contribution in [0.25, 0.3) is 0 Å². The Morgan fingerprint density at radius 3 is 2.08 bits per heavy atom. The van der Waals surface area contributed by atoms with Crippen molar-refractivity contribution < 1.29 is 36.3 Å². The molecule has 2 amide bonds. The first-order chi connectivity index (χ1) is 23.2. The average molecular weight is 698 g/mol. The zero-order valence-corrected chi connectivity index (χ0v) is 27.7. The maximum absolute atomic E-state index is 13.7. The van der Waals surface area contributed by atoms with E-state index in [-0.39, 0.29) is 47.6 Å². The molecule has 5 N–H and O–H groups in total. The van der Waals surface area contributed by atoms with Crippen LogP contribution in [0.5, 0.6) is 0 Å². The van der Waals surface area contributed by atoms with Gasteiger partial charge in [0.05, 0.1) is 35.2 Å². The highest BCUT2D eigenvalue weighted by molar-refractivity contribution is 7.92. The summed E-state index contributed by atoms with van der Waals surface area (Å²) < 4.78 is 66.6. The summed E-state index contributed by atoms with van der Waals surface area (Å²) in [4.78, 5) is 30.7. The quantitative estimate of drug-likeness (QED) is 0.119. The second-order valence-corrected chi connectivity index (χ2v) is 13.5. The van der Waals surface area contributed by atoms with Crippen LogP contribution in [0.15, 0.2) is 97.3 Å². The van der Waals surface area contributed by atoms with Gasteiger partial charge in [-0.1, -0.05) is 60.7 Å². The van der Waals surface area contributed by atoms with Crippen LogP contribution in [0.3, 0.4) is 0 Å². The van der Waals surface area contributed by atoms with Gasteiger partial charge >= 0.3 is 6.18 Å². The Labute approximate surface area is 283 Å². The number of aliphatic hydroxyl groups excluding tert-OH is 1. The van der Waals surface area contributed by atoms with E-state index in [4.69, 9.17) is 0 Å². The number of carbonyl (C=O) groups excluding carboxylic acids is 2. The third-order valence-electron chi connectivity index (χ3n) is 7.64. The van der Waals surface area contributed by atoms with Crippen LogP contribution in [0.1, 0.15) is 62.9 Å². The topological polar surface area (TPSA) is 150 Å². The molecule has 3 aromatic carbocycles. The van der Waals surface area contributed by atoms with Gasteiger partial charge in [0.25, 0.3) is 11.8 Å². The van der Waals surface area contributed by atoms with Gasteiger partial charge in [-0.25, -0.2) is 8.42 Å². The normalized spacial score (nSPS) is 13.6. The lowest BCUT2D eigenvalue weighted by Gasteiger charge is -2.25. The van der Waals surface area contributed by atoms with Gasteiger partial charge in [0.15, 0.2) is 0 Å². The number of nitrogens with one attached hydrogen (secondary N) is 4. The van der Waals surface area contributed by atoms with Crippen LogP contribution in [-0.4, -0.2) is 54.8 Å². The van der Waals surface area contributed by atoms with Crippen molar-refractivity contribution in [2.75, 3.05) is 17.0 Å². The van der Waals surface area contributed by atoms with Gasteiger partial charge in [-0.2, -0.15) is 13.2 Å². The number of hydrogen-bond donors (Lipinski definition) is 5. The summed E-state index contributed by atoms with van der Waals surface area (Å²) in [6.07, 6.45) is -3.57. The van der Waals surface area contributed by atoms with E-state index in [1.165, 1.54) is 31.3 Å². The number of aromatic nitrogens is 1. The second kappa shape index (κ2) is 16.5. The Kier molecular flexibility index (Phi) is 12.5. The Balaban J connectivity index is 1.56. The molecule has 0 fully saturated rings. The van der Waals surface area contributed by atoms with Gasteiger partial charge in [-0.3, -0.25) is 19.3 Å². The van der Waals surface area contributed by atoms with E-state index in [0.717, 1.165) is 23.4 Å². The van der Waals surface area contributed by atoms with E-state index < -0.39 is 51.8 Å². The predicted octanol–water partition coefficient (Wildman–Crippen LogP) is 4.84. The number of sulfonamides is 1. The van der Waals surface area contributed by atoms with Gasteiger partial charge in [-0.05, 0) is 61.2 Å². The number of nitrogens with zero attached hydrogens (tertiary/aromatic N) is 1. The number of pyridine rings is 1. The molecule has 3 atom stereocenters. The van der Waals surface area contributed by atoms with Crippen LogP contribution in [0.2, 0.25) is 0 Å². The maximum atomic E-state index is 13.7. The lowest BCUT2D eigenvalue weighted by Crippen LogP contribution is -2.48. The number of anilines is 1. The first-order valence-electron chi connectivity index (χ1n) is 15.5. The van der Waals surface area contributed by atoms with Crippen molar-refractivity contribution >= 4 is 27.5 Å². The van der Waals surface area contributed by atoms with Gasteiger partial charge in [0.2, 0.25) is 10.0 Å². The van der Waals surface area contributed by atoms with Crippen molar-refractivity contribution in [1.82, 2.24) is 20.9 Å². The van der Waals surface area contributed by atoms with Gasteiger partial charge < -0.3 is 21.1 Å². The van der Waals surface area contributed by atoms with E-state index >= 15 is 0 Å². The Bertz CT molecular complexity index is 1830. The molecule has 14 heteroatoms. The van der Waals surface area contributed by atoms with Crippen molar-refractivity contribution in [3.05, 3.63) is 131 Å². The van der Waals surface area contributed by atoms with Crippen molar-refractivity contribution in [1.29, 1.82) is 0 Å². The molecule has 0 radical (unpaired) electrons. The SMILES string of the molecule is CCS(=O)(=O)Nc1cc(C(=O)N[C@@H](Cc2ccccc2)[C@H](O)CNCc2cncc(C(F)(F)F)c2)cc(C(=O)N[C@H](C)c2ccccc2)c1. The monoisotopic (exact) mass is 697 g/mol. The highest BCUT2D eigenvalue weighted by atomic mass is 32.2. The molecule has 0 saturated heterocycles. The molecule has 260 valence electrons. The number of halogens is 3. The molecule has 0 aliphatic carbocycles. The first-order valence-corrected chi connectivity index (χ1v) is 17.2. The standard InChI is InChI=1S/C35H38F3N5O5S/c1-3-49(47,48)43-30-17-27(33(45)41-23(2)26-12-8-5-9-13-26)16-28(18-30)34(46)42-31(15-24-10-6-4-7-11-24)32(44)22-40-20-25-14-29(21-39-19-25)35(36,37)38/h4-14,16-19,21,23,31-32,40,43-44H,3,15,20,22H2,1-2H3,(H,41,45)(H,42,46)/t23-,31+,32-/m1/s1. The zero-order chi connectivity index (χ0) is 35.6. The largest absolute Gasteiger partial charge is 0.417 e. The van der Waals surface area contributed by atoms with E-state index in [1.54, 1.807) is 19.1 Å². The third kappa shape index (κ3) is 11.1. The van der Waals surface area contributed by atoms with Crippen LogP contribution < -0.4 is 20.7 Å². The Morgan fingerprint density at radius 1 is 0.857 bits per heavy atom. The number of amides is 2. The van der Waals surface area contributed by atoms with E-state index in [1.807, 2.05) is 48.5 Å². The number of rotatable bonds is 15. The fraction of sp³-hybridized carbons (Fsp3) is 0.286. The Hall–Kier alpha value is -4.79. The molecule has 49 heavy (non-hydrogen) atoms. The minimum Gasteiger partial charge on any atom is -0.390 e. The van der Waals surface area contributed by atoms with Gasteiger partial charge in [0, 0.05) is 36.6 Å². The van der Waals surface area contributed by atoms with Crippen LogP contribution in [0, 0.1) is 0 Å². The molecule has 4 aromatic rings. The van der Waals surface area contributed by atoms with E-state index in [0.29, 0.717) is 0 Å². The van der Waals surface area contributed by atoms with Crippen molar-refractivity contribution in [2.24, 2.45) is 0 Å². The minimum atomic E-state index is -4.55. The zero-order valence-electron chi connectivity index (χ0n) is 26.9. The van der Waals surface area contributed by atoms with Crippen LogP contribution >= 0.6 is 0 Å². The molecule has 0 bridgehead atoms. The number of hydrogen-bond acceptors (Lipinski definition) is 7. The number of aliphatic hydroxyl groups is 1. The first kappa shape index (κ1) is 37.0. The van der Waals surface area contributed by atoms with Gasteiger partial charge in [0.1, 0.15) is 0 Å². The molecule has 0 aliphatic rings. The van der Waals surface area contributed by atoms with E-state index in [2.05, 4.69) is 25.7 Å². The average Bonchev–Trinajstić information content (AvgIpc) is 3.08. The molecule has 1 aromatic heterocycles. The molecule has 4 rings (SSSR count). The molecule has 10 nitrogen and oxygen atoms in total. The van der Waals surface area contributed by atoms with Crippen molar-refractivity contribution in [2.45, 2.75) is 51.2 Å². The van der Waals surface area contributed by atoms with Crippen LogP contribution in [-0.2, 0) is 29.2 Å². The summed E-state index contributed by atoms with van der Waals surface area (Å²) in [7, 11) is -3.77. The summed E-state index contributed by atoms with van der Waals surface area (Å²) in [5.41, 5.74) is 0.976. The molecule has 0 aliphatic heterocycles. The Morgan fingerprint density at radius 2 is 1.47 bits per heavy atom. The van der Waals surface area contributed by atoms with Crippen molar-refractivity contribution in [3.63, 3.8) is 0 Å². The number of carbonyl (C=O) groups is 2. The third-order valence-corrected chi connectivity index (χ3v) is 8.95. The lowest BCUT2D eigenvalue weighted by molar-refractivity contribution is -0.137. The molecular formula is C35H38F3N5O5S. The van der Waals surface area contributed by atoms with Crippen LogP contribution in [0.4, 0.5) is 18.9 Å². The summed E-state index contributed by atoms with van der Waals surface area (Å²) >= 11 is 0. The second-order valence-electron chi connectivity index (χ2n) is 11.5. The summed E-state index contributed by atoms with van der Waals surface area (Å²) in [5, 5.41) is 19.8. The highest BCUT2D eigenvalue weighted by Gasteiger charge is 2.31. The summed E-state index contributed by atoms with van der Waals surface area (Å²) in [6.45, 7) is 3.10. The summed E-state index contributed by atoms with van der Waals surface area (Å²) in [6, 6.07) is 21.9. The highest BCUT2D eigenvalue weighted by Crippen LogP contribution is 2.29. The predicted molar refractivity (Wildman–Crippen MR) is 180 cm³/mol. The molecular weight excluding hydrogens is 659 g/mol. The molecule has 1 heterocycles. The fourth-order valence-electron chi connectivity index (χ4n) is 4.95. The maximum Gasteiger partial charge on any atom is 0.417 e. The molecule has 0 spiro atoms. The molecule has 0 saturated carbocycles. The summed E-state index contributed by atoms with van der Waals surface area (Å²) in [5.74, 6) is -1.48.